The molecule has 6 heteroatoms. The second kappa shape index (κ2) is 9.17. The van der Waals surface area contributed by atoms with Gasteiger partial charge in [-0.15, -0.1) is 0 Å². The van der Waals surface area contributed by atoms with Gasteiger partial charge in [0.2, 0.25) is 11.8 Å². The normalized spacial score (nSPS) is 12.9. The second-order valence-electron chi connectivity index (χ2n) is 7.11. The van der Waals surface area contributed by atoms with Crippen molar-refractivity contribution >= 4 is 23.4 Å². The summed E-state index contributed by atoms with van der Waals surface area (Å²) in [6.45, 7) is 2.70. The molecule has 0 saturated heterocycles. The highest BCUT2D eigenvalue weighted by molar-refractivity contribution is 5.96. The Bertz CT molecular complexity index is 858. The first kappa shape index (κ1) is 19.6. The van der Waals surface area contributed by atoms with Crippen molar-refractivity contribution in [2.45, 2.75) is 26.2 Å². The van der Waals surface area contributed by atoms with Crippen LogP contribution >= 0.6 is 0 Å². The summed E-state index contributed by atoms with van der Waals surface area (Å²) in [6.07, 6.45) is 2.23. The van der Waals surface area contributed by atoms with Gasteiger partial charge in [-0.05, 0) is 49.6 Å². The third-order valence-corrected chi connectivity index (χ3v) is 4.54. The number of nitrogens with one attached hydrogen (secondary N) is 3. The lowest BCUT2D eigenvalue weighted by Crippen LogP contribution is -2.35. The minimum atomic E-state index is -0.215. The number of carbonyl (C=O) groups excluding carboxylic acids is 3. The fourth-order valence-corrected chi connectivity index (χ4v) is 2.84. The smallest absolute Gasteiger partial charge is 0.251 e. The van der Waals surface area contributed by atoms with Crippen LogP contribution in [0.1, 0.15) is 34.3 Å². The number of aryl methyl sites for hydroxylation is 1. The maximum Gasteiger partial charge on any atom is 0.251 e. The van der Waals surface area contributed by atoms with Crippen LogP contribution in [0.15, 0.2) is 48.5 Å². The van der Waals surface area contributed by atoms with Gasteiger partial charge in [-0.1, -0.05) is 29.8 Å². The van der Waals surface area contributed by atoms with Crippen LogP contribution in [0.2, 0.25) is 0 Å². The van der Waals surface area contributed by atoms with Gasteiger partial charge in [0.15, 0.2) is 0 Å². The van der Waals surface area contributed by atoms with Crippen molar-refractivity contribution in [1.82, 2.24) is 10.6 Å². The van der Waals surface area contributed by atoms with E-state index in [1.54, 1.807) is 24.3 Å². The van der Waals surface area contributed by atoms with E-state index in [0.29, 0.717) is 30.8 Å². The quantitative estimate of drug-likeness (QED) is 0.616. The Hall–Kier alpha value is -3.15. The van der Waals surface area contributed by atoms with Crippen molar-refractivity contribution < 1.29 is 14.4 Å². The Morgan fingerprint density at radius 2 is 1.68 bits per heavy atom. The van der Waals surface area contributed by atoms with Gasteiger partial charge in [-0.3, -0.25) is 14.4 Å². The second-order valence-corrected chi connectivity index (χ2v) is 7.11. The molecule has 3 rings (SSSR count). The van der Waals surface area contributed by atoms with E-state index in [1.807, 2.05) is 31.2 Å². The third-order valence-electron chi connectivity index (χ3n) is 4.54. The zero-order valence-corrected chi connectivity index (χ0v) is 16.0. The molecule has 0 heterocycles. The van der Waals surface area contributed by atoms with Crippen molar-refractivity contribution in [2.75, 3.05) is 18.4 Å². The van der Waals surface area contributed by atoms with Gasteiger partial charge in [0.1, 0.15) is 0 Å². The minimum absolute atomic E-state index is 0.0404. The molecule has 1 aliphatic rings. The van der Waals surface area contributed by atoms with Crippen molar-refractivity contribution in [3.8, 4) is 0 Å². The lowest BCUT2D eigenvalue weighted by molar-refractivity contribution is -0.120. The van der Waals surface area contributed by atoms with E-state index in [4.69, 9.17) is 0 Å². The van der Waals surface area contributed by atoms with E-state index in [2.05, 4.69) is 16.0 Å². The molecular formula is C22H25N3O3. The monoisotopic (exact) mass is 379 g/mol. The molecule has 3 N–H and O–H groups in total. The van der Waals surface area contributed by atoms with Crippen LogP contribution in [-0.2, 0) is 16.0 Å². The van der Waals surface area contributed by atoms with Gasteiger partial charge in [-0.25, -0.2) is 0 Å². The molecule has 0 aliphatic heterocycles. The van der Waals surface area contributed by atoms with E-state index in [-0.39, 0.29) is 23.6 Å². The van der Waals surface area contributed by atoms with E-state index in [1.165, 1.54) is 0 Å². The maximum atomic E-state index is 12.2. The molecule has 0 spiro atoms. The summed E-state index contributed by atoms with van der Waals surface area (Å²) in [5.74, 6) is -0.105. The van der Waals surface area contributed by atoms with Gasteiger partial charge in [0.05, 0.1) is 6.42 Å². The highest BCUT2D eigenvalue weighted by atomic mass is 16.2. The summed E-state index contributed by atoms with van der Waals surface area (Å²) in [6, 6.07) is 14.6. The molecule has 2 aromatic carbocycles. The third kappa shape index (κ3) is 5.94. The summed E-state index contributed by atoms with van der Waals surface area (Å²) in [5.41, 5.74) is 3.29. The Morgan fingerprint density at radius 1 is 0.964 bits per heavy atom. The van der Waals surface area contributed by atoms with Crippen LogP contribution < -0.4 is 16.0 Å². The van der Waals surface area contributed by atoms with Gasteiger partial charge in [0, 0.05) is 30.3 Å². The Balaban J connectivity index is 1.36. The van der Waals surface area contributed by atoms with Crippen molar-refractivity contribution in [1.29, 1.82) is 0 Å². The zero-order chi connectivity index (χ0) is 19.9. The summed E-state index contributed by atoms with van der Waals surface area (Å²) in [4.78, 5) is 35.8. The van der Waals surface area contributed by atoms with Gasteiger partial charge in [-0.2, -0.15) is 0 Å². The predicted octanol–water partition coefficient (Wildman–Crippen LogP) is 2.43. The number of rotatable bonds is 8. The molecule has 2 aromatic rings. The molecule has 0 radical (unpaired) electrons. The van der Waals surface area contributed by atoms with Crippen molar-refractivity contribution in [2.24, 2.45) is 5.92 Å². The molecule has 6 nitrogen and oxygen atoms in total. The van der Waals surface area contributed by atoms with E-state index in [9.17, 15) is 14.4 Å². The standard InChI is InChI=1S/C22H25N3O3/c1-15-3-2-4-16(13-15)14-20(26)23-11-12-24-21(27)17-7-9-19(10-8-17)25-22(28)18-5-6-18/h2-4,7-10,13,18H,5-6,11-12,14H2,1H3,(H,23,26)(H,24,27)(H,25,28). The van der Waals surface area contributed by atoms with Crippen molar-refractivity contribution in [3.05, 3.63) is 65.2 Å². The molecule has 0 bridgehead atoms. The molecule has 3 amide bonds. The van der Waals surface area contributed by atoms with Crippen LogP contribution in [0.3, 0.4) is 0 Å². The molecule has 1 saturated carbocycles. The first-order valence-electron chi connectivity index (χ1n) is 9.52. The lowest BCUT2D eigenvalue weighted by atomic mass is 10.1. The van der Waals surface area contributed by atoms with Gasteiger partial charge in [0.25, 0.3) is 5.91 Å². The summed E-state index contributed by atoms with van der Waals surface area (Å²) >= 11 is 0. The Kier molecular flexibility index (Phi) is 6.42. The number of benzene rings is 2. The fourth-order valence-electron chi connectivity index (χ4n) is 2.84. The number of anilines is 1. The number of hydrogen-bond acceptors (Lipinski definition) is 3. The van der Waals surface area contributed by atoms with Crippen LogP contribution in [-0.4, -0.2) is 30.8 Å². The summed E-state index contributed by atoms with van der Waals surface area (Å²) in [5, 5.41) is 8.42. The fraction of sp³-hybridized carbons (Fsp3) is 0.318. The van der Waals surface area contributed by atoms with E-state index < -0.39 is 0 Å². The molecule has 0 aromatic heterocycles. The molecule has 1 fully saturated rings. The average Bonchev–Trinajstić information content (AvgIpc) is 3.51. The van der Waals surface area contributed by atoms with Gasteiger partial charge >= 0.3 is 0 Å². The van der Waals surface area contributed by atoms with Crippen LogP contribution in [0.5, 0.6) is 0 Å². The minimum Gasteiger partial charge on any atom is -0.354 e. The molecule has 1 aliphatic carbocycles. The zero-order valence-electron chi connectivity index (χ0n) is 16.0. The molecule has 28 heavy (non-hydrogen) atoms. The maximum absolute atomic E-state index is 12.2. The van der Waals surface area contributed by atoms with E-state index >= 15 is 0 Å². The Morgan fingerprint density at radius 3 is 2.36 bits per heavy atom. The van der Waals surface area contributed by atoms with Crippen LogP contribution in [0.4, 0.5) is 5.69 Å². The number of carbonyl (C=O) groups is 3. The molecule has 0 atom stereocenters. The highest BCUT2D eigenvalue weighted by Gasteiger charge is 2.29. The first-order chi connectivity index (χ1) is 13.5. The molecule has 146 valence electrons. The average molecular weight is 379 g/mol. The predicted molar refractivity (Wildman–Crippen MR) is 108 cm³/mol. The van der Waals surface area contributed by atoms with E-state index in [0.717, 1.165) is 24.0 Å². The first-order valence-corrected chi connectivity index (χ1v) is 9.52. The largest absolute Gasteiger partial charge is 0.354 e. The van der Waals surface area contributed by atoms with Crippen molar-refractivity contribution in [3.63, 3.8) is 0 Å². The van der Waals surface area contributed by atoms with Crippen LogP contribution in [0, 0.1) is 12.8 Å². The molecular weight excluding hydrogens is 354 g/mol. The van der Waals surface area contributed by atoms with Crippen LogP contribution in [0.25, 0.3) is 0 Å². The summed E-state index contributed by atoms with van der Waals surface area (Å²) in [7, 11) is 0. The number of hydrogen-bond donors (Lipinski definition) is 3. The summed E-state index contributed by atoms with van der Waals surface area (Å²) < 4.78 is 0. The highest BCUT2D eigenvalue weighted by Crippen LogP contribution is 2.30. The lowest BCUT2D eigenvalue weighted by Gasteiger charge is -2.09. The van der Waals surface area contributed by atoms with Gasteiger partial charge < -0.3 is 16.0 Å². The SMILES string of the molecule is Cc1cccc(CC(=O)NCCNC(=O)c2ccc(NC(=O)C3CC3)cc2)c1. The topological polar surface area (TPSA) is 87.3 Å². The number of amides is 3. The molecule has 0 unspecified atom stereocenters. The Labute approximate surface area is 164 Å².